The predicted molar refractivity (Wildman–Crippen MR) is 128 cm³/mol. The van der Waals surface area contributed by atoms with E-state index in [-0.39, 0.29) is 11.3 Å². The van der Waals surface area contributed by atoms with Gasteiger partial charge in [-0.05, 0) is 50.8 Å². The molecule has 1 fully saturated rings. The van der Waals surface area contributed by atoms with Crippen LogP contribution in [0.15, 0.2) is 54.2 Å². The fourth-order valence-electron chi connectivity index (χ4n) is 4.51. The van der Waals surface area contributed by atoms with Crippen molar-refractivity contribution in [3.8, 4) is 5.75 Å². The molecule has 1 saturated heterocycles. The van der Waals surface area contributed by atoms with Gasteiger partial charge in [0.1, 0.15) is 11.5 Å². The molecular formula is C26H29N3O4. The van der Waals surface area contributed by atoms with Gasteiger partial charge in [-0.1, -0.05) is 18.2 Å². The van der Waals surface area contributed by atoms with Crippen molar-refractivity contribution in [3.63, 3.8) is 0 Å². The molecule has 0 spiro atoms. The van der Waals surface area contributed by atoms with Gasteiger partial charge in [-0.25, -0.2) is 0 Å². The molecule has 7 nitrogen and oxygen atoms in total. The van der Waals surface area contributed by atoms with Crippen molar-refractivity contribution in [2.24, 2.45) is 7.05 Å². The van der Waals surface area contributed by atoms with Gasteiger partial charge in [0.25, 0.3) is 11.7 Å². The number of ether oxygens (including phenoxy) is 1. The highest BCUT2D eigenvalue weighted by atomic mass is 16.5. The summed E-state index contributed by atoms with van der Waals surface area (Å²) in [4.78, 5) is 30.0. The second kappa shape index (κ2) is 8.75. The summed E-state index contributed by atoms with van der Waals surface area (Å²) in [6.07, 6.45) is 1.94. The van der Waals surface area contributed by atoms with Gasteiger partial charge in [-0.15, -0.1) is 0 Å². The Morgan fingerprint density at radius 1 is 1.15 bits per heavy atom. The molecule has 1 aliphatic rings. The lowest BCUT2D eigenvalue weighted by atomic mass is 9.93. The van der Waals surface area contributed by atoms with Gasteiger partial charge < -0.3 is 24.2 Å². The molecule has 0 aliphatic carbocycles. The maximum atomic E-state index is 13.3. The summed E-state index contributed by atoms with van der Waals surface area (Å²) < 4.78 is 7.25. The Morgan fingerprint density at radius 3 is 2.55 bits per heavy atom. The van der Waals surface area contributed by atoms with Crippen molar-refractivity contribution in [1.29, 1.82) is 0 Å². The molecule has 4 rings (SSSR count). The number of likely N-dealkylation sites (N-methyl/N-ethyl adjacent to an activating group) is 1. The number of aliphatic hydroxyl groups excluding tert-OH is 1. The van der Waals surface area contributed by atoms with Gasteiger partial charge in [0.15, 0.2) is 0 Å². The molecule has 172 valence electrons. The fraction of sp³-hybridized carbons (Fsp3) is 0.308. The van der Waals surface area contributed by atoms with Crippen molar-refractivity contribution in [3.05, 3.63) is 70.9 Å². The zero-order valence-electron chi connectivity index (χ0n) is 19.6. The number of hydrogen-bond acceptors (Lipinski definition) is 5. The van der Waals surface area contributed by atoms with Crippen LogP contribution >= 0.6 is 0 Å². The number of aryl methyl sites for hydroxylation is 2. The van der Waals surface area contributed by atoms with E-state index >= 15 is 0 Å². The molecule has 2 heterocycles. The van der Waals surface area contributed by atoms with E-state index in [1.165, 1.54) is 0 Å². The molecule has 1 aromatic heterocycles. The van der Waals surface area contributed by atoms with Crippen LogP contribution < -0.4 is 4.74 Å². The van der Waals surface area contributed by atoms with Gasteiger partial charge in [0, 0.05) is 48.4 Å². The van der Waals surface area contributed by atoms with Crippen molar-refractivity contribution < 1.29 is 19.4 Å². The van der Waals surface area contributed by atoms with Crippen LogP contribution in [0.5, 0.6) is 5.75 Å². The zero-order chi connectivity index (χ0) is 23.9. The lowest BCUT2D eigenvalue weighted by Gasteiger charge is -2.26. The molecule has 1 N–H and O–H groups in total. The molecule has 0 radical (unpaired) electrons. The Labute approximate surface area is 193 Å². The lowest BCUT2D eigenvalue weighted by Crippen LogP contribution is -2.35. The maximum absolute atomic E-state index is 13.3. The summed E-state index contributed by atoms with van der Waals surface area (Å²) in [7, 11) is 7.35. The van der Waals surface area contributed by atoms with Crippen LogP contribution in [0.3, 0.4) is 0 Å². The number of hydrogen-bond donors (Lipinski definition) is 1. The number of rotatable bonds is 6. The van der Waals surface area contributed by atoms with Crippen LogP contribution in [0.4, 0.5) is 0 Å². The Hall–Kier alpha value is -3.58. The third-order valence-electron chi connectivity index (χ3n) is 6.24. The van der Waals surface area contributed by atoms with Crippen molar-refractivity contribution in [2.75, 3.05) is 34.3 Å². The highest BCUT2D eigenvalue weighted by Gasteiger charge is 2.47. The second-order valence-electron chi connectivity index (χ2n) is 8.69. The van der Waals surface area contributed by atoms with E-state index in [9.17, 15) is 14.7 Å². The second-order valence-corrected chi connectivity index (χ2v) is 8.69. The van der Waals surface area contributed by atoms with Crippen LogP contribution in [-0.2, 0) is 16.6 Å². The Bertz CT molecular complexity index is 1270. The van der Waals surface area contributed by atoms with E-state index in [2.05, 4.69) is 0 Å². The number of carbonyl (C=O) groups is 2. The summed E-state index contributed by atoms with van der Waals surface area (Å²) >= 11 is 0. The molecule has 2 aromatic carbocycles. The minimum absolute atomic E-state index is 0.114. The van der Waals surface area contributed by atoms with Gasteiger partial charge in [-0.2, -0.15) is 0 Å². The Kier molecular flexibility index (Phi) is 5.99. The number of benzene rings is 2. The van der Waals surface area contributed by atoms with Crippen LogP contribution in [0.1, 0.15) is 22.7 Å². The number of methoxy groups -OCH3 is 1. The normalized spacial score (nSPS) is 18.0. The summed E-state index contributed by atoms with van der Waals surface area (Å²) in [5.74, 6) is -0.776. The van der Waals surface area contributed by atoms with Gasteiger partial charge in [0.05, 0.1) is 18.7 Å². The summed E-state index contributed by atoms with van der Waals surface area (Å²) in [6, 6.07) is 12.4. The summed E-state index contributed by atoms with van der Waals surface area (Å²) in [5.41, 5.74) is 3.18. The highest BCUT2D eigenvalue weighted by molar-refractivity contribution is 6.46. The Morgan fingerprint density at radius 2 is 1.88 bits per heavy atom. The standard InChI is InChI=1S/C26H29N3O4/c1-16-14-17(33-5)10-11-18(16)24(30)22-23(29(13-12-27(2)3)26(32)25(22)31)20-15-28(4)21-9-7-6-8-19(20)21/h6-11,14-15,23,30H,12-13H2,1-5H3/b24-22+. The average molecular weight is 448 g/mol. The Balaban J connectivity index is 1.95. The van der Waals surface area contributed by atoms with E-state index < -0.39 is 17.7 Å². The number of aliphatic hydroxyl groups is 1. The van der Waals surface area contributed by atoms with Gasteiger partial charge in [-0.3, -0.25) is 9.59 Å². The van der Waals surface area contributed by atoms with E-state index in [0.717, 1.165) is 22.0 Å². The number of ketones is 1. The van der Waals surface area contributed by atoms with Crippen LogP contribution in [-0.4, -0.2) is 65.5 Å². The first-order valence-corrected chi connectivity index (χ1v) is 10.9. The van der Waals surface area contributed by atoms with Crippen molar-refractivity contribution in [1.82, 2.24) is 14.4 Å². The number of aromatic nitrogens is 1. The monoisotopic (exact) mass is 447 g/mol. The molecule has 0 saturated carbocycles. The largest absolute Gasteiger partial charge is 0.507 e. The highest BCUT2D eigenvalue weighted by Crippen LogP contribution is 2.42. The number of carbonyl (C=O) groups excluding carboxylic acids is 2. The number of nitrogens with zero attached hydrogens (tertiary/aromatic N) is 3. The summed E-state index contributed by atoms with van der Waals surface area (Å²) in [6.45, 7) is 2.80. The van der Waals surface area contributed by atoms with Crippen LogP contribution in [0.2, 0.25) is 0 Å². The SMILES string of the molecule is COc1ccc(/C(O)=C2\C(=O)C(=O)N(CCN(C)C)C2c2cn(C)c3ccccc23)c(C)c1. The number of Topliss-reactive ketones (excluding diaryl/α,β-unsaturated/α-hetero) is 1. The van der Waals surface area contributed by atoms with Gasteiger partial charge in [0.2, 0.25) is 0 Å². The van der Waals surface area contributed by atoms with E-state index in [0.29, 0.717) is 24.4 Å². The minimum Gasteiger partial charge on any atom is -0.507 e. The minimum atomic E-state index is -0.683. The topological polar surface area (TPSA) is 75.0 Å². The van der Waals surface area contributed by atoms with Crippen LogP contribution in [0, 0.1) is 6.92 Å². The van der Waals surface area contributed by atoms with E-state index in [4.69, 9.17) is 4.74 Å². The first-order chi connectivity index (χ1) is 15.7. The summed E-state index contributed by atoms with van der Waals surface area (Å²) in [5, 5.41) is 12.3. The third-order valence-corrected chi connectivity index (χ3v) is 6.24. The third kappa shape index (κ3) is 3.89. The first kappa shape index (κ1) is 22.6. The average Bonchev–Trinajstić information content (AvgIpc) is 3.25. The molecule has 3 aromatic rings. The molecule has 1 aliphatic heterocycles. The van der Waals surface area contributed by atoms with Crippen molar-refractivity contribution in [2.45, 2.75) is 13.0 Å². The van der Waals surface area contributed by atoms with Crippen LogP contribution in [0.25, 0.3) is 16.7 Å². The molecule has 1 amide bonds. The van der Waals surface area contributed by atoms with E-state index in [1.54, 1.807) is 30.2 Å². The van der Waals surface area contributed by atoms with Gasteiger partial charge >= 0.3 is 0 Å². The fourth-order valence-corrected chi connectivity index (χ4v) is 4.51. The maximum Gasteiger partial charge on any atom is 0.295 e. The first-order valence-electron chi connectivity index (χ1n) is 10.9. The molecule has 33 heavy (non-hydrogen) atoms. The number of amides is 1. The predicted octanol–water partition coefficient (Wildman–Crippen LogP) is 3.48. The molecular weight excluding hydrogens is 418 g/mol. The quantitative estimate of drug-likeness (QED) is 0.356. The number of fused-ring (bicyclic) bond motifs is 1. The number of likely N-dealkylation sites (tertiary alicyclic amines) is 1. The lowest BCUT2D eigenvalue weighted by molar-refractivity contribution is -0.140. The molecule has 1 unspecified atom stereocenters. The molecule has 0 bridgehead atoms. The smallest absolute Gasteiger partial charge is 0.295 e. The number of para-hydroxylation sites is 1. The zero-order valence-corrected chi connectivity index (χ0v) is 19.6. The molecule has 7 heteroatoms. The van der Waals surface area contributed by atoms with E-state index in [1.807, 2.05) is 68.0 Å². The molecule has 1 atom stereocenters. The van der Waals surface area contributed by atoms with Crippen molar-refractivity contribution >= 4 is 28.4 Å².